The third-order valence-electron chi connectivity index (χ3n) is 5.98. The maximum absolute atomic E-state index is 6.57. The summed E-state index contributed by atoms with van der Waals surface area (Å²) in [5.74, 6) is 1.51. The van der Waals surface area contributed by atoms with Gasteiger partial charge in [0.05, 0.1) is 32.8 Å². The van der Waals surface area contributed by atoms with Crippen LogP contribution < -0.4 is 10.1 Å². The van der Waals surface area contributed by atoms with Crippen LogP contribution in [0.1, 0.15) is 6.42 Å². The fourth-order valence-electron chi connectivity index (χ4n) is 4.32. The number of nitrogens with one attached hydrogen (secondary N) is 1. The van der Waals surface area contributed by atoms with Gasteiger partial charge in [-0.05, 0) is 61.9 Å². The fraction of sp³-hybridized carbons (Fsp3) is 0.308. The lowest BCUT2D eigenvalue weighted by Gasteiger charge is -2.18. The molecule has 0 amide bonds. The lowest BCUT2D eigenvalue weighted by atomic mass is 10.1. The van der Waals surface area contributed by atoms with E-state index in [0.29, 0.717) is 0 Å². The first-order valence-corrected chi connectivity index (χ1v) is 14.2. The summed E-state index contributed by atoms with van der Waals surface area (Å²) in [4.78, 5) is 15.8. The molecule has 1 N–H and O–H groups in total. The van der Waals surface area contributed by atoms with E-state index in [0.717, 1.165) is 69.0 Å². The summed E-state index contributed by atoms with van der Waals surface area (Å²) in [6.07, 6.45) is 10.7. The number of rotatable bonds is 5. The third kappa shape index (κ3) is 5.30. The van der Waals surface area contributed by atoms with E-state index in [4.69, 9.17) is 4.74 Å². The number of aromatic nitrogens is 5. The molecule has 1 saturated heterocycles. The van der Waals surface area contributed by atoms with Crippen LogP contribution in [-0.4, -0.2) is 68.4 Å². The van der Waals surface area contributed by atoms with E-state index in [1.165, 1.54) is 0 Å². The Balaban J connectivity index is 0.000000848. The summed E-state index contributed by atoms with van der Waals surface area (Å²) < 4.78 is 9.49. The number of benzene rings is 2. The molecular formula is C26H29N7OS2. The highest BCUT2D eigenvalue weighted by molar-refractivity contribution is 7.97. The molecule has 1 fully saturated rings. The van der Waals surface area contributed by atoms with Crippen LogP contribution in [0.5, 0.6) is 5.75 Å². The number of hydrogen-bond acceptors (Lipinski definition) is 9. The first-order valence-electron chi connectivity index (χ1n) is 11.7. The first-order chi connectivity index (χ1) is 17.5. The molecule has 1 aliphatic heterocycles. The summed E-state index contributed by atoms with van der Waals surface area (Å²) in [5.41, 5.74) is 6.68. The number of thioether (sulfide) groups is 1. The number of likely N-dealkylation sites (N-methyl/N-ethyl adjacent to an activating group) is 1. The van der Waals surface area contributed by atoms with Crippen molar-refractivity contribution in [1.29, 1.82) is 0 Å². The highest BCUT2D eigenvalue weighted by Crippen LogP contribution is 2.37. The zero-order chi connectivity index (χ0) is 25.1. The molecule has 0 aliphatic carbocycles. The standard InChI is InChI=1S/C24H23N7OS.C2H6S/c1-30-6-5-18(12-30)32-21-8-15(16-10-28-31(2)11-16)7-20-23(21)24(26-13-25-20)29-17-3-4-19-22(9-17)33-14-27-19;1-3-2/h3-4,7-11,13-14,18H,5-6,12H2,1-2H3,(H,25,26,29);1-2H3. The van der Waals surface area contributed by atoms with Gasteiger partial charge in [0.25, 0.3) is 0 Å². The zero-order valence-electron chi connectivity index (χ0n) is 20.8. The molecule has 2 aromatic carbocycles. The van der Waals surface area contributed by atoms with E-state index in [-0.39, 0.29) is 6.10 Å². The Bertz CT molecular complexity index is 1480. The third-order valence-corrected chi connectivity index (χ3v) is 6.77. The normalized spacial score (nSPS) is 15.7. The second-order valence-corrected chi connectivity index (χ2v) is 10.6. The quantitative estimate of drug-likeness (QED) is 0.329. The molecule has 1 aliphatic rings. The van der Waals surface area contributed by atoms with Crippen molar-refractivity contribution in [3.8, 4) is 16.9 Å². The minimum absolute atomic E-state index is 0.129. The van der Waals surface area contributed by atoms with Crippen molar-refractivity contribution in [2.75, 3.05) is 38.0 Å². The first kappa shape index (κ1) is 24.5. The van der Waals surface area contributed by atoms with E-state index in [2.05, 4.69) is 55.5 Å². The van der Waals surface area contributed by atoms with Crippen LogP contribution in [0.4, 0.5) is 11.5 Å². The van der Waals surface area contributed by atoms with Gasteiger partial charge >= 0.3 is 0 Å². The van der Waals surface area contributed by atoms with Gasteiger partial charge in [0.1, 0.15) is 24.0 Å². The summed E-state index contributed by atoms with van der Waals surface area (Å²) in [7, 11) is 4.04. The molecule has 4 heterocycles. The van der Waals surface area contributed by atoms with Crippen molar-refractivity contribution in [2.45, 2.75) is 12.5 Å². The van der Waals surface area contributed by atoms with E-state index < -0.39 is 0 Å². The monoisotopic (exact) mass is 519 g/mol. The van der Waals surface area contributed by atoms with Crippen LogP contribution in [0.15, 0.2) is 54.6 Å². The zero-order valence-corrected chi connectivity index (χ0v) is 22.4. The minimum atomic E-state index is 0.129. The molecule has 1 unspecified atom stereocenters. The molecule has 5 aromatic rings. The van der Waals surface area contributed by atoms with Crippen molar-refractivity contribution in [3.63, 3.8) is 0 Å². The van der Waals surface area contributed by atoms with Crippen molar-refractivity contribution >= 4 is 55.7 Å². The highest BCUT2D eigenvalue weighted by Gasteiger charge is 2.23. The predicted molar refractivity (Wildman–Crippen MR) is 151 cm³/mol. The van der Waals surface area contributed by atoms with Crippen LogP contribution in [0.3, 0.4) is 0 Å². The Morgan fingerprint density at radius 3 is 2.67 bits per heavy atom. The average Bonchev–Trinajstić information content (AvgIpc) is 3.60. The maximum atomic E-state index is 6.57. The molecule has 0 bridgehead atoms. The van der Waals surface area contributed by atoms with Gasteiger partial charge < -0.3 is 15.0 Å². The van der Waals surface area contributed by atoms with E-state index >= 15 is 0 Å². The van der Waals surface area contributed by atoms with Gasteiger partial charge in [-0.1, -0.05) is 0 Å². The highest BCUT2D eigenvalue weighted by atomic mass is 32.2. The van der Waals surface area contributed by atoms with Gasteiger partial charge in [0, 0.05) is 37.6 Å². The topological polar surface area (TPSA) is 81.0 Å². The molecule has 0 spiro atoms. The molecule has 10 heteroatoms. The Kier molecular flexibility index (Phi) is 7.35. The molecule has 186 valence electrons. The second kappa shape index (κ2) is 10.8. The van der Waals surface area contributed by atoms with Crippen molar-refractivity contribution in [1.82, 2.24) is 29.6 Å². The van der Waals surface area contributed by atoms with Crippen LogP contribution >= 0.6 is 23.1 Å². The molecule has 0 saturated carbocycles. The van der Waals surface area contributed by atoms with Crippen LogP contribution in [-0.2, 0) is 7.05 Å². The van der Waals surface area contributed by atoms with E-state index in [1.807, 2.05) is 49.6 Å². The number of hydrogen-bond donors (Lipinski definition) is 1. The Labute approximate surface area is 218 Å². The summed E-state index contributed by atoms with van der Waals surface area (Å²) in [6, 6.07) is 10.3. The minimum Gasteiger partial charge on any atom is -0.488 e. The largest absolute Gasteiger partial charge is 0.488 e. The summed E-state index contributed by atoms with van der Waals surface area (Å²) in [6.45, 7) is 1.93. The van der Waals surface area contributed by atoms with Crippen molar-refractivity contribution < 1.29 is 4.74 Å². The second-order valence-electron chi connectivity index (χ2n) is 8.85. The lowest BCUT2D eigenvalue weighted by Crippen LogP contribution is -2.21. The lowest BCUT2D eigenvalue weighted by molar-refractivity contribution is 0.211. The molecule has 6 rings (SSSR count). The van der Waals surface area contributed by atoms with Crippen LogP contribution in [0.2, 0.25) is 0 Å². The van der Waals surface area contributed by atoms with Crippen molar-refractivity contribution in [3.05, 3.63) is 54.6 Å². The van der Waals surface area contributed by atoms with Crippen LogP contribution in [0.25, 0.3) is 32.2 Å². The maximum Gasteiger partial charge on any atom is 0.145 e. The number of likely N-dealkylation sites (tertiary alicyclic amines) is 1. The number of ether oxygens (including phenoxy) is 1. The number of thiazole rings is 1. The summed E-state index contributed by atoms with van der Waals surface area (Å²) >= 11 is 3.37. The van der Waals surface area contributed by atoms with Gasteiger partial charge in [-0.15, -0.1) is 11.3 Å². The van der Waals surface area contributed by atoms with Gasteiger partial charge in [0.2, 0.25) is 0 Å². The number of nitrogens with zero attached hydrogens (tertiary/aromatic N) is 6. The Morgan fingerprint density at radius 2 is 1.92 bits per heavy atom. The summed E-state index contributed by atoms with van der Waals surface area (Å²) in [5, 5.41) is 8.70. The van der Waals surface area contributed by atoms with Gasteiger partial charge in [-0.3, -0.25) is 4.68 Å². The molecule has 8 nitrogen and oxygen atoms in total. The molecule has 3 aromatic heterocycles. The van der Waals surface area contributed by atoms with Gasteiger partial charge in [0.15, 0.2) is 0 Å². The molecule has 0 radical (unpaired) electrons. The number of anilines is 2. The number of aryl methyl sites for hydroxylation is 1. The average molecular weight is 520 g/mol. The Hall–Kier alpha value is -3.21. The Morgan fingerprint density at radius 1 is 1.06 bits per heavy atom. The van der Waals surface area contributed by atoms with Gasteiger partial charge in [-0.2, -0.15) is 16.9 Å². The predicted octanol–water partition coefficient (Wildman–Crippen LogP) is 5.45. The SMILES string of the molecule is CN1CCC(Oc2cc(-c3cnn(C)c3)cc3ncnc(Nc4ccc5ncsc5c4)c23)C1.CSC. The molecule has 1 atom stereocenters. The van der Waals surface area contributed by atoms with E-state index in [1.54, 1.807) is 34.1 Å². The van der Waals surface area contributed by atoms with E-state index in [9.17, 15) is 0 Å². The smallest absolute Gasteiger partial charge is 0.145 e. The van der Waals surface area contributed by atoms with Crippen molar-refractivity contribution in [2.24, 2.45) is 7.05 Å². The fourth-order valence-corrected chi connectivity index (χ4v) is 5.03. The number of fused-ring (bicyclic) bond motifs is 2. The molecular weight excluding hydrogens is 490 g/mol. The van der Waals surface area contributed by atoms with Crippen LogP contribution in [0, 0.1) is 0 Å². The van der Waals surface area contributed by atoms with Gasteiger partial charge in [-0.25, -0.2) is 15.0 Å². The molecule has 36 heavy (non-hydrogen) atoms.